The fraction of sp³-hybridized carbons (Fsp3) is 0.857. The van der Waals surface area contributed by atoms with Crippen molar-refractivity contribution in [2.24, 2.45) is 5.41 Å². The Morgan fingerprint density at radius 1 is 1.32 bits per heavy atom. The standard InChI is InChI=1S/C14H26N2O3/c1-3-6-14(7-9-15-10-8-14)13(19)16(2)11-4-5-12(17)18/h15H,3-11H2,1-2H3,(H,17,18). The molecule has 19 heavy (non-hydrogen) atoms. The van der Waals surface area contributed by atoms with Crippen molar-refractivity contribution in [2.45, 2.75) is 45.4 Å². The molecule has 1 aliphatic heterocycles. The molecule has 0 bridgehead atoms. The number of amides is 1. The first kappa shape index (κ1) is 16.0. The second-order valence-corrected chi connectivity index (χ2v) is 5.50. The summed E-state index contributed by atoms with van der Waals surface area (Å²) in [4.78, 5) is 24.9. The summed E-state index contributed by atoms with van der Waals surface area (Å²) in [6, 6.07) is 0. The van der Waals surface area contributed by atoms with Gasteiger partial charge in [-0.05, 0) is 38.8 Å². The first-order chi connectivity index (χ1) is 9.02. The Morgan fingerprint density at radius 2 is 1.95 bits per heavy atom. The van der Waals surface area contributed by atoms with Gasteiger partial charge in [0.1, 0.15) is 0 Å². The maximum atomic E-state index is 12.6. The van der Waals surface area contributed by atoms with Gasteiger partial charge in [-0.25, -0.2) is 0 Å². The molecular weight excluding hydrogens is 244 g/mol. The van der Waals surface area contributed by atoms with E-state index in [4.69, 9.17) is 5.11 Å². The third-order valence-electron chi connectivity index (χ3n) is 3.97. The molecule has 1 amide bonds. The normalized spacial score (nSPS) is 18.0. The van der Waals surface area contributed by atoms with Crippen LogP contribution in [0.5, 0.6) is 0 Å². The van der Waals surface area contributed by atoms with E-state index in [1.54, 1.807) is 11.9 Å². The molecule has 1 rings (SSSR count). The van der Waals surface area contributed by atoms with Gasteiger partial charge in [0.05, 0.1) is 5.41 Å². The molecule has 5 nitrogen and oxygen atoms in total. The number of carboxylic acids is 1. The minimum absolute atomic E-state index is 0.125. The maximum Gasteiger partial charge on any atom is 0.303 e. The predicted molar refractivity (Wildman–Crippen MR) is 74.0 cm³/mol. The maximum absolute atomic E-state index is 12.6. The first-order valence-electron chi connectivity index (χ1n) is 7.20. The van der Waals surface area contributed by atoms with Crippen molar-refractivity contribution in [1.82, 2.24) is 10.2 Å². The summed E-state index contributed by atoms with van der Waals surface area (Å²) in [5, 5.41) is 11.9. The SMILES string of the molecule is CCCC1(C(=O)N(C)CCCC(=O)O)CCNCC1. The number of nitrogens with zero attached hydrogens (tertiary/aromatic N) is 1. The average molecular weight is 270 g/mol. The third-order valence-corrected chi connectivity index (χ3v) is 3.97. The summed E-state index contributed by atoms with van der Waals surface area (Å²) in [7, 11) is 1.80. The first-order valence-corrected chi connectivity index (χ1v) is 7.20. The zero-order valence-corrected chi connectivity index (χ0v) is 12.1. The molecule has 0 radical (unpaired) electrons. The summed E-state index contributed by atoms with van der Waals surface area (Å²) in [6.07, 6.45) is 4.37. The summed E-state index contributed by atoms with van der Waals surface area (Å²) in [5.41, 5.74) is -0.224. The lowest BCUT2D eigenvalue weighted by Crippen LogP contribution is -2.48. The van der Waals surface area contributed by atoms with E-state index in [2.05, 4.69) is 12.2 Å². The van der Waals surface area contributed by atoms with Gasteiger partial charge in [0.25, 0.3) is 0 Å². The van der Waals surface area contributed by atoms with Gasteiger partial charge in [0.2, 0.25) is 5.91 Å². The number of piperidine rings is 1. The van der Waals surface area contributed by atoms with Crippen LogP contribution in [0.3, 0.4) is 0 Å². The van der Waals surface area contributed by atoms with E-state index in [1.165, 1.54) is 0 Å². The molecule has 0 saturated carbocycles. The van der Waals surface area contributed by atoms with Crippen LogP contribution >= 0.6 is 0 Å². The lowest BCUT2D eigenvalue weighted by Gasteiger charge is -2.39. The molecule has 0 atom stereocenters. The van der Waals surface area contributed by atoms with Crippen LogP contribution in [0.25, 0.3) is 0 Å². The van der Waals surface area contributed by atoms with E-state index in [1.807, 2.05) is 0 Å². The van der Waals surface area contributed by atoms with Crippen LogP contribution in [-0.2, 0) is 9.59 Å². The van der Waals surface area contributed by atoms with Crippen LogP contribution in [0.2, 0.25) is 0 Å². The van der Waals surface area contributed by atoms with Crippen molar-refractivity contribution in [3.05, 3.63) is 0 Å². The van der Waals surface area contributed by atoms with Crippen LogP contribution in [0.1, 0.15) is 45.4 Å². The van der Waals surface area contributed by atoms with Crippen LogP contribution in [-0.4, -0.2) is 48.6 Å². The number of hydrogen-bond donors (Lipinski definition) is 2. The zero-order valence-electron chi connectivity index (χ0n) is 12.1. The van der Waals surface area contributed by atoms with Crippen molar-refractivity contribution >= 4 is 11.9 Å². The summed E-state index contributed by atoms with van der Waals surface area (Å²) in [5.74, 6) is -0.604. The lowest BCUT2D eigenvalue weighted by atomic mass is 9.74. The highest BCUT2D eigenvalue weighted by Crippen LogP contribution is 2.35. The fourth-order valence-electron chi connectivity index (χ4n) is 2.93. The number of nitrogens with one attached hydrogen (secondary N) is 1. The Hall–Kier alpha value is -1.10. The van der Waals surface area contributed by atoms with Crippen LogP contribution in [0.15, 0.2) is 0 Å². The Kier molecular flexibility index (Phi) is 6.28. The van der Waals surface area contributed by atoms with Gasteiger partial charge in [0.15, 0.2) is 0 Å². The summed E-state index contributed by atoms with van der Waals surface area (Å²) < 4.78 is 0. The molecule has 110 valence electrons. The summed E-state index contributed by atoms with van der Waals surface area (Å²) >= 11 is 0. The molecule has 1 heterocycles. The summed E-state index contributed by atoms with van der Waals surface area (Å²) in [6.45, 7) is 4.44. The molecule has 0 aromatic heterocycles. The molecular formula is C14H26N2O3. The molecule has 0 aromatic carbocycles. The number of carboxylic acid groups (broad SMARTS) is 1. The van der Waals surface area contributed by atoms with Gasteiger partial charge >= 0.3 is 5.97 Å². The van der Waals surface area contributed by atoms with Gasteiger partial charge in [-0.15, -0.1) is 0 Å². The molecule has 0 spiro atoms. The van der Waals surface area contributed by atoms with Crippen LogP contribution in [0.4, 0.5) is 0 Å². The van der Waals surface area contributed by atoms with Crippen molar-refractivity contribution in [1.29, 1.82) is 0 Å². The second-order valence-electron chi connectivity index (χ2n) is 5.50. The Morgan fingerprint density at radius 3 is 2.47 bits per heavy atom. The van der Waals surface area contributed by atoms with E-state index in [0.717, 1.165) is 38.8 Å². The van der Waals surface area contributed by atoms with Crippen LogP contribution < -0.4 is 5.32 Å². The van der Waals surface area contributed by atoms with E-state index < -0.39 is 5.97 Å². The lowest BCUT2D eigenvalue weighted by molar-refractivity contribution is -0.144. The molecule has 2 N–H and O–H groups in total. The van der Waals surface area contributed by atoms with Gasteiger partial charge in [-0.1, -0.05) is 13.3 Å². The molecule has 1 aliphatic rings. The zero-order chi connectivity index (χ0) is 14.3. The average Bonchev–Trinajstić information content (AvgIpc) is 2.38. The molecule has 0 unspecified atom stereocenters. The number of rotatable bonds is 7. The monoisotopic (exact) mass is 270 g/mol. The van der Waals surface area contributed by atoms with E-state index in [0.29, 0.717) is 13.0 Å². The van der Waals surface area contributed by atoms with Gasteiger partial charge in [0, 0.05) is 20.0 Å². The molecule has 0 aromatic rings. The molecule has 0 aliphatic carbocycles. The second kappa shape index (κ2) is 7.48. The third kappa shape index (κ3) is 4.49. The van der Waals surface area contributed by atoms with Gasteiger partial charge in [-0.2, -0.15) is 0 Å². The highest BCUT2D eigenvalue weighted by atomic mass is 16.4. The Balaban J connectivity index is 2.57. The molecule has 1 saturated heterocycles. The van der Waals surface area contributed by atoms with Gasteiger partial charge < -0.3 is 15.3 Å². The Bertz CT molecular complexity index is 306. The van der Waals surface area contributed by atoms with E-state index >= 15 is 0 Å². The highest BCUT2D eigenvalue weighted by Gasteiger charge is 2.40. The van der Waals surface area contributed by atoms with Crippen molar-refractivity contribution in [3.8, 4) is 0 Å². The number of hydrogen-bond acceptors (Lipinski definition) is 3. The fourth-order valence-corrected chi connectivity index (χ4v) is 2.93. The number of carbonyl (C=O) groups excluding carboxylic acids is 1. The quantitative estimate of drug-likeness (QED) is 0.735. The van der Waals surface area contributed by atoms with Crippen molar-refractivity contribution in [2.75, 3.05) is 26.7 Å². The topological polar surface area (TPSA) is 69.6 Å². The molecule has 1 fully saturated rings. The van der Waals surface area contributed by atoms with Crippen molar-refractivity contribution in [3.63, 3.8) is 0 Å². The Labute approximate surface area is 115 Å². The molecule has 5 heteroatoms. The predicted octanol–water partition coefficient (Wildman–Crippen LogP) is 1.48. The van der Waals surface area contributed by atoms with Crippen LogP contribution in [0, 0.1) is 5.41 Å². The largest absolute Gasteiger partial charge is 0.481 e. The van der Waals surface area contributed by atoms with E-state index in [-0.39, 0.29) is 17.7 Å². The van der Waals surface area contributed by atoms with Gasteiger partial charge in [-0.3, -0.25) is 9.59 Å². The number of carbonyl (C=O) groups is 2. The van der Waals surface area contributed by atoms with Crippen molar-refractivity contribution < 1.29 is 14.7 Å². The minimum atomic E-state index is -0.800. The highest BCUT2D eigenvalue weighted by molar-refractivity contribution is 5.82. The minimum Gasteiger partial charge on any atom is -0.481 e. The van der Waals surface area contributed by atoms with E-state index in [9.17, 15) is 9.59 Å². The smallest absolute Gasteiger partial charge is 0.303 e. The number of aliphatic carboxylic acids is 1.